The minimum atomic E-state index is -4.73. The van der Waals surface area contributed by atoms with Crippen LogP contribution in [0.5, 0.6) is 11.5 Å². The molecule has 0 bridgehead atoms. The molecule has 0 aliphatic carbocycles. The van der Waals surface area contributed by atoms with E-state index in [-0.39, 0.29) is 18.2 Å². The van der Waals surface area contributed by atoms with E-state index in [1.165, 1.54) is 29.2 Å². The fraction of sp³-hybridized carbons (Fsp3) is 0.250. The minimum absolute atomic E-state index is 0.232. The molecule has 148 valence electrons. The third kappa shape index (κ3) is 4.76. The van der Waals surface area contributed by atoms with Crippen LogP contribution in [0.1, 0.15) is 23.0 Å². The number of rotatable bonds is 6. The largest absolute Gasteiger partial charge is 0.573 e. The minimum Gasteiger partial charge on any atom is -0.494 e. The summed E-state index contributed by atoms with van der Waals surface area (Å²) in [5.74, 6) is 0.182. The molecule has 0 spiro atoms. The molecular formula is C20H19F3N2O3. The molecule has 2 aromatic carbocycles. The van der Waals surface area contributed by atoms with E-state index in [9.17, 15) is 18.0 Å². The third-order valence-corrected chi connectivity index (χ3v) is 4.06. The van der Waals surface area contributed by atoms with Gasteiger partial charge < -0.3 is 19.4 Å². The Morgan fingerprint density at radius 2 is 1.75 bits per heavy atom. The zero-order chi connectivity index (χ0) is 20.3. The maximum atomic E-state index is 12.7. The lowest BCUT2D eigenvalue weighted by molar-refractivity contribution is -0.274. The number of hydrogen-bond donors (Lipinski definition) is 1. The van der Waals surface area contributed by atoms with E-state index >= 15 is 0 Å². The van der Waals surface area contributed by atoms with E-state index in [4.69, 9.17) is 4.74 Å². The van der Waals surface area contributed by atoms with Crippen molar-refractivity contribution in [3.8, 4) is 11.5 Å². The standard InChI is InChI=1S/C20H19F3N2O3/c1-3-27-16-9-6-14-10-18(24-17(14)11-16)19(26)25(2)12-13-4-7-15(8-5-13)28-20(21,22)23/h4-11,24H,3,12H2,1-2H3. The fourth-order valence-electron chi connectivity index (χ4n) is 2.83. The van der Waals surface area contributed by atoms with Gasteiger partial charge in [0.05, 0.1) is 6.61 Å². The van der Waals surface area contributed by atoms with Gasteiger partial charge in [-0.15, -0.1) is 13.2 Å². The van der Waals surface area contributed by atoms with Crippen LogP contribution in [0.4, 0.5) is 13.2 Å². The molecule has 0 aliphatic rings. The maximum absolute atomic E-state index is 12.7. The van der Waals surface area contributed by atoms with Crippen molar-refractivity contribution in [3.63, 3.8) is 0 Å². The van der Waals surface area contributed by atoms with Gasteiger partial charge in [0.1, 0.15) is 17.2 Å². The molecule has 8 heteroatoms. The zero-order valence-corrected chi connectivity index (χ0v) is 15.3. The number of amides is 1. The van der Waals surface area contributed by atoms with Gasteiger partial charge in [-0.2, -0.15) is 0 Å². The average Bonchev–Trinajstić information content (AvgIpc) is 3.05. The summed E-state index contributed by atoms with van der Waals surface area (Å²) in [6.07, 6.45) is -4.73. The lowest BCUT2D eigenvalue weighted by Crippen LogP contribution is -2.26. The van der Waals surface area contributed by atoms with Crippen LogP contribution in [0.3, 0.4) is 0 Å². The number of nitrogens with zero attached hydrogens (tertiary/aromatic N) is 1. The number of alkyl halides is 3. The first-order chi connectivity index (χ1) is 13.2. The molecule has 5 nitrogen and oxygen atoms in total. The van der Waals surface area contributed by atoms with Crippen molar-refractivity contribution in [1.29, 1.82) is 0 Å². The van der Waals surface area contributed by atoms with E-state index < -0.39 is 6.36 Å². The molecule has 0 saturated heterocycles. The fourth-order valence-corrected chi connectivity index (χ4v) is 2.83. The smallest absolute Gasteiger partial charge is 0.494 e. The summed E-state index contributed by atoms with van der Waals surface area (Å²) in [4.78, 5) is 17.2. The van der Waals surface area contributed by atoms with Gasteiger partial charge in [0.2, 0.25) is 0 Å². The Hall–Kier alpha value is -3.16. The van der Waals surface area contributed by atoms with Gasteiger partial charge in [0.15, 0.2) is 0 Å². The van der Waals surface area contributed by atoms with Crippen molar-refractivity contribution in [1.82, 2.24) is 9.88 Å². The summed E-state index contributed by atoms with van der Waals surface area (Å²) < 4.78 is 45.9. The van der Waals surface area contributed by atoms with Gasteiger partial charge in [-0.1, -0.05) is 12.1 Å². The number of carbonyl (C=O) groups excluding carboxylic acids is 1. The summed E-state index contributed by atoms with van der Waals surface area (Å²) >= 11 is 0. The lowest BCUT2D eigenvalue weighted by Gasteiger charge is -2.17. The number of nitrogens with one attached hydrogen (secondary N) is 1. The Kier molecular flexibility index (Phi) is 5.48. The summed E-state index contributed by atoms with van der Waals surface area (Å²) in [6.45, 7) is 2.68. The summed E-state index contributed by atoms with van der Waals surface area (Å²) in [5.41, 5.74) is 1.89. The number of H-pyrrole nitrogens is 1. The van der Waals surface area contributed by atoms with Gasteiger partial charge in [-0.05, 0) is 42.8 Å². The number of aromatic nitrogens is 1. The number of fused-ring (bicyclic) bond motifs is 1. The molecule has 1 N–H and O–H groups in total. The second-order valence-electron chi connectivity index (χ2n) is 6.22. The van der Waals surface area contributed by atoms with Crippen molar-refractivity contribution in [2.45, 2.75) is 19.8 Å². The average molecular weight is 392 g/mol. The first-order valence-corrected chi connectivity index (χ1v) is 8.61. The van der Waals surface area contributed by atoms with Crippen LogP contribution in [0, 0.1) is 0 Å². The van der Waals surface area contributed by atoms with E-state index in [0.717, 1.165) is 10.9 Å². The summed E-state index contributed by atoms with van der Waals surface area (Å²) in [6, 6.07) is 12.7. The van der Waals surface area contributed by atoms with Crippen LogP contribution in [0.2, 0.25) is 0 Å². The Bertz CT molecular complexity index is 965. The molecule has 3 aromatic rings. The topological polar surface area (TPSA) is 54.6 Å². The molecule has 1 heterocycles. The number of aromatic amines is 1. The molecule has 0 fully saturated rings. The molecule has 1 amide bonds. The predicted octanol–water partition coefficient (Wildman–Crippen LogP) is 4.74. The third-order valence-electron chi connectivity index (χ3n) is 4.06. The second kappa shape index (κ2) is 7.84. The number of carbonyl (C=O) groups is 1. The van der Waals surface area contributed by atoms with E-state index in [1.54, 1.807) is 13.1 Å². The Balaban J connectivity index is 1.69. The van der Waals surface area contributed by atoms with Gasteiger partial charge in [-0.25, -0.2) is 0 Å². The molecule has 0 radical (unpaired) electrons. The monoisotopic (exact) mass is 392 g/mol. The SMILES string of the molecule is CCOc1ccc2cc(C(=O)N(C)Cc3ccc(OC(F)(F)F)cc3)[nH]c2c1. The molecule has 3 rings (SSSR count). The Morgan fingerprint density at radius 1 is 1.07 bits per heavy atom. The second-order valence-corrected chi connectivity index (χ2v) is 6.22. The number of hydrogen-bond acceptors (Lipinski definition) is 3. The summed E-state index contributed by atoms with van der Waals surface area (Å²) in [5, 5.41) is 0.883. The van der Waals surface area contributed by atoms with Gasteiger partial charge in [-0.3, -0.25) is 4.79 Å². The molecule has 0 atom stereocenters. The quantitative estimate of drug-likeness (QED) is 0.659. The van der Waals surface area contributed by atoms with E-state index in [0.29, 0.717) is 23.6 Å². The molecule has 0 aliphatic heterocycles. The van der Waals surface area contributed by atoms with Crippen LogP contribution < -0.4 is 9.47 Å². The highest BCUT2D eigenvalue weighted by molar-refractivity contribution is 5.98. The number of halogens is 3. The van der Waals surface area contributed by atoms with Crippen molar-refractivity contribution in [2.24, 2.45) is 0 Å². The molecular weight excluding hydrogens is 373 g/mol. The summed E-state index contributed by atoms with van der Waals surface area (Å²) in [7, 11) is 1.62. The Morgan fingerprint density at radius 3 is 2.39 bits per heavy atom. The van der Waals surface area contributed by atoms with Gasteiger partial charge in [0.25, 0.3) is 5.91 Å². The van der Waals surface area contributed by atoms with Gasteiger partial charge in [0, 0.05) is 30.6 Å². The van der Waals surface area contributed by atoms with Crippen molar-refractivity contribution < 1.29 is 27.4 Å². The van der Waals surface area contributed by atoms with Crippen LogP contribution in [-0.2, 0) is 6.54 Å². The highest BCUT2D eigenvalue weighted by Gasteiger charge is 2.31. The van der Waals surface area contributed by atoms with Crippen LogP contribution >= 0.6 is 0 Å². The highest BCUT2D eigenvalue weighted by atomic mass is 19.4. The van der Waals surface area contributed by atoms with Crippen LogP contribution in [0.15, 0.2) is 48.5 Å². The van der Waals surface area contributed by atoms with Crippen LogP contribution in [0.25, 0.3) is 10.9 Å². The first-order valence-electron chi connectivity index (χ1n) is 8.61. The molecule has 0 saturated carbocycles. The zero-order valence-electron chi connectivity index (χ0n) is 15.3. The molecule has 28 heavy (non-hydrogen) atoms. The normalized spacial score (nSPS) is 11.5. The lowest BCUT2D eigenvalue weighted by atomic mass is 10.2. The van der Waals surface area contributed by atoms with E-state index in [1.807, 2.05) is 25.1 Å². The van der Waals surface area contributed by atoms with Crippen molar-refractivity contribution >= 4 is 16.8 Å². The Labute approximate surface area is 159 Å². The first kappa shape index (κ1) is 19.6. The maximum Gasteiger partial charge on any atom is 0.573 e. The predicted molar refractivity (Wildman–Crippen MR) is 98.4 cm³/mol. The van der Waals surface area contributed by atoms with Crippen LogP contribution in [-0.4, -0.2) is 35.8 Å². The van der Waals surface area contributed by atoms with Crippen molar-refractivity contribution in [3.05, 3.63) is 59.8 Å². The van der Waals surface area contributed by atoms with Crippen molar-refractivity contribution in [2.75, 3.05) is 13.7 Å². The molecule has 0 unspecified atom stereocenters. The number of benzene rings is 2. The highest BCUT2D eigenvalue weighted by Crippen LogP contribution is 2.24. The van der Waals surface area contributed by atoms with Gasteiger partial charge >= 0.3 is 6.36 Å². The number of ether oxygens (including phenoxy) is 2. The van der Waals surface area contributed by atoms with E-state index in [2.05, 4.69) is 9.72 Å². The molecule has 1 aromatic heterocycles.